The van der Waals surface area contributed by atoms with Crippen LogP contribution in [0.4, 0.5) is 4.39 Å². The van der Waals surface area contributed by atoms with Crippen LogP contribution in [0.15, 0.2) is 42.6 Å². The molecule has 5 nitrogen and oxygen atoms in total. The maximum absolute atomic E-state index is 13.5. The number of halogens is 1. The van der Waals surface area contributed by atoms with Crippen molar-refractivity contribution in [2.45, 2.75) is 68.9 Å². The van der Waals surface area contributed by atoms with Gasteiger partial charge in [0, 0.05) is 23.7 Å². The quantitative estimate of drug-likeness (QED) is 0.733. The molecule has 0 unspecified atom stereocenters. The fraction of sp³-hybridized carbons (Fsp3) is 0.480. The van der Waals surface area contributed by atoms with Crippen molar-refractivity contribution in [3.05, 3.63) is 65.2 Å². The lowest BCUT2D eigenvalue weighted by Crippen LogP contribution is -2.43. The number of amides is 1. The van der Waals surface area contributed by atoms with E-state index >= 15 is 0 Å². The van der Waals surface area contributed by atoms with Crippen LogP contribution in [0.2, 0.25) is 0 Å². The Morgan fingerprint density at radius 1 is 1.06 bits per heavy atom. The average molecular weight is 423 g/mol. The summed E-state index contributed by atoms with van der Waals surface area (Å²) >= 11 is 0. The summed E-state index contributed by atoms with van der Waals surface area (Å²) in [7, 11) is 0. The lowest BCUT2D eigenvalue weighted by atomic mass is 9.75. The molecule has 2 fully saturated rings. The molecule has 3 aliphatic rings. The molecular weight excluding hydrogens is 395 g/mol. The van der Waals surface area contributed by atoms with Gasteiger partial charge in [-0.15, -0.1) is 0 Å². The Morgan fingerprint density at radius 3 is 2.58 bits per heavy atom. The summed E-state index contributed by atoms with van der Waals surface area (Å²) < 4.78 is 19.2. The summed E-state index contributed by atoms with van der Waals surface area (Å²) in [5.74, 6) is -0.113. The first-order valence-corrected chi connectivity index (χ1v) is 11.3. The Morgan fingerprint density at radius 2 is 1.84 bits per heavy atom. The van der Waals surface area contributed by atoms with Crippen molar-refractivity contribution in [2.75, 3.05) is 0 Å². The minimum atomic E-state index is -0.611. The normalized spacial score (nSPS) is 30.0. The van der Waals surface area contributed by atoms with Gasteiger partial charge in [0.25, 0.3) is 0 Å². The minimum absolute atomic E-state index is 0.0500. The van der Waals surface area contributed by atoms with Crippen molar-refractivity contribution in [2.24, 2.45) is 5.92 Å². The van der Waals surface area contributed by atoms with E-state index in [2.05, 4.69) is 10.3 Å². The maximum Gasteiger partial charge on any atom is 0.358 e. The van der Waals surface area contributed by atoms with Crippen LogP contribution in [0, 0.1) is 11.7 Å². The van der Waals surface area contributed by atoms with E-state index in [1.807, 2.05) is 18.2 Å². The lowest BCUT2D eigenvalue weighted by molar-refractivity contribution is -0.129. The predicted octanol–water partition coefficient (Wildman–Crippen LogP) is 4.62. The van der Waals surface area contributed by atoms with Crippen LogP contribution in [0.25, 0.3) is 0 Å². The number of esters is 1. The van der Waals surface area contributed by atoms with Crippen molar-refractivity contribution < 1.29 is 18.7 Å². The molecule has 2 saturated carbocycles. The largest absolute Gasteiger partial charge is 0.449 e. The molecule has 1 aromatic carbocycles. The van der Waals surface area contributed by atoms with Gasteiger partial charge in [0.05, 0.1) is 0 Å². The molecule has 31 heavy (non-hydrogen) atoms. The third-order valence-corrected chi connectivity index (χ3v) is 7.34. The zero-order chi connectivity index (χ0) is 21.4. The van der Waals surface area contributed by atoms with E-state index in [0.717, 1.165) is 36.8 Å². The van der Waals surface area contributed by atoms with Crippen molar-refractivity contribution in [3.63, 3.8) is 0 Å². The number of pyridine rings is 1. The van der Waals surface area contributed by atoms with Crippen LogP contribution < -0.4 is 5.32 Å². The maximum atomic E-state index is 13.5. The number of rotatable bonds is 3. The van der Waals surface area contributed by atoms with E-state index in [0.29, 0.717) is 37.3 Å². The van der Waals surface area contributed by atoms with Crippen LogP contribution in [0.5, 0.6) is 0 Å². The number of aromatic nitrogens is 1. The molecule has 2 aromatic rings. The second-order valence-corrected chi connectivity index (χ2v) is 9.17. The minimum Gasteiger partial charge on any atom is -0.449 e. The Balaban J connectivity index is 1.14. The van der Waals surface area contributed by atoms with Crippen LogP contribution in [-0.2, 0) is 15.1 Å². The molecule has 1 spiro atoms. The third-order valence-electron chi connectivity index (χ3n) is 7.34. The first-order chi connectivity index (χ1) is 15.0. The monoisotopic (exact) mass is 422 g/mol. The predicted molar refractivity (Wildman–Crippen MR) is 113 cm³/mol. The van der Waals surface area contributed by atoms with Crippen LogP contribution in [-0.4, -0.2) is 22.9 Å². The Hall–Kier alpha value is -2.76. The molecule has 162 valence electrons. The summed E-state index contributed by atoms with van der Waals surface area (Å²) in [5.41, 5.74) is 1.73. The Bertz CT molecular complexity index is 992. The highest BCUT2D eigenvalue weighted by atomic mass is 19.1. The topological polar surface area (TPSA) is 68.3 Å². The number of hydrogen-bond donors (Lipinski definition) is 1. The van der Waals surface area contributed by atoms with Gasteiger partial charge in [-0.25, -0.2) is 14.2 Å². The molecule has 1 N–H and O–H groups in total. The van der Waals surface area contributed by atoms with Gasteiger partial charge in [0.1, 0.15) is 11.4 Å². The fourth-order valence-corrected chi connectivity index (χ4v) is 5.58. The van der Waals surface area contributed by atoms with Crippen molar-refractivity contribution in [3.8, 4) is 0 Å². The fourth-order valence-electron chi connectivity index (χ4n) is 5.58. The van der Waals surface area contributed by atoms with Crippen LogP contribution >= 0.6 is 0 Å². The van der Waals surface area contributed by atoms with Gasteiger partial charge in [-0.05, 0) is 81.0 Å². The summed E-state index contributed by atoms with van der Waals surface area (Å²) in [5, 5.41) is 3.25. The summed E-state index contributed by atoms with van der Waals surface area (Å²) in [4.78, 5) is 29.3. The highest BCUT2D eigenvalue weighted by Gasteiger charge is 2.49. The van der Waals surface area contributed by atoms with E-state index in [1.54, 1.807) is 18.3 Å². The Labute approximate surface area is 181 Å². The van der Waals surface area contributed by atoms with Crippen molar-refractivity contribution >= 4 is 11.9 Å². The van der Waals surface area contributed by atoms with Gasteiger partial charge in [-0.3, -0.25) is 4.79 Å². The molecular formula is C25H27FN2O3. The SMILES string of the molecule is O=C1OC2(CCC(C(=O)N[C@H]3CC[C@H](c4cccc(F)c4)CC3)CC2)c2cccnc21. The van der Waals surface area contributed by atoms with Gasteiger partial charge < -0.3 is 10.1 Å². The second-order valence-electron chi connectivity index (χ2n) is 9.17. The molecule has 0 bridgehead atoms. The van der Waals surface area contributed by atoms with Crippen molar-refractivity contribution in [1.29, 1.82) is 0 Å². The van der Waals surface area contributed by atoms with Crippen LogP contribution in [0.3, 0.4) is 0 Å². The summed E-state index contributed by atoms with van der Waals surface area (Å²) in [6, 6.07) is 10.8. The highest BCUT2D eigenvalue weighted by molar-refractivity contribution is 5.92. The Kier molecular flexibility index (Phi) is 5.24. The molecule has 0 atom stereocenters. The van der Waals surface area contributed by atoms with Gasteiger partial charge in [-0.1, -0.05) is 18.2 Å². The van der Waals surface area contributed by atoms with Crippen LogP contribution in [0.1, 0.15) is 78.9 Å². The number of ether oxygens (including phenoxy) is 1. The number of hydrogen-bond acceptors (Lipinski definition) is 4. The first kappa shape index (κ1) is 20.2. The third kappa shape index (κ3) is 3.84. The van der Waals surface area contributed by atoms with E-state index in [1.165, 1.54) is 6.07 Å². The van der Waals surface area contributed by atoms with E-state index < -0.39 is 5.60 Å². The number of carbonyl (C=O) groups excluding carboxylic acids is 2. The number of carbonyl (C=O) groups is 2. The molecule has 1 aromatic heterocycles. The van der Waals surface area contributed by atoms with Gasteiger partial charge in [0.2, 0.25) is 5.91 Å². The van der Waals surface area contributed by atoms with E-state index in [9.17, 15) is 14.0 Å². The average Bonchev–Trinajstić information content (AvgIpc) is 3.06. The van der Waals surface area contributed by atoms with Crippen molar-refractivity contribution in [1.82, 2.24) is 10.3 Å². The molecule has 1 amide bonds. The molecule has 0 radical (unpaired) electrons. The van der Waals surface area contributed by atoms with E-state index in [4.69, 9.17) is 4.74 Å². The number of fused-ring (bicyclic) bond motifs is 2. The molecule has 2 aliphatic carbocycles. The molecule has 6 heteroatoms. The number of nitrogens with zero attached hydrogens (tertiary/aromatic N) is 1. The summed E-state index contributed by atoms with van der Waals surface area (Å²) in [6.45, 7) is 0. The number of benzene rings is 1. The molecule has 1 aliphatic heterocycles. The summed E-state index contributed by atoms with van der Waals surface area (Å²) in [6.07, 6.45) is 8.08. The molecule has 5 rings (SSSR count). The van der Waals surface area contributed by atoms with Gasteiger partial charge in [0.15, 0.2) is 5.69 Å². The zero-order valence-electron chi connectivity index (χ0n) is 17.5. The van der Waals surface area contributed by atoms with E-state index in [-0.39, 0.29) is 29.7 Å². The highest BCUT2D eigenvalue weighted by Crippen LogP contribution is 2.47. The first-order valence-electron chi connectivity index (χ1n) is 11.3. The number of nitrogens with one attached hydrogen (secondary N) is 1. The smallest absolute Gasteiger partial charge is 0.358 e. The molecule has 2 heterocycles. The standard InChI is InChI=1S/C25H27FN2O3/c26-19-4-1-3-18(15-19)16-6-8-20(9-7-16)28-23(29)17-10-12-25(13-11-17)21-5-2-14-27-22(21)24(30)31-25/h1-5,14-17,20H,6-13H2,(H,28,29)/t16-,17?,20-,25?. The zero-order valence-corrected chi connectivity index (χ0v) is 17.5. The molecule has 0 saturated heterocycles. The van der Waals surface area contributed by atoms with Gasteiger partial charge in [-0.2, -0.15) is 0 Å². The van der Waals surface area contributed by atoms with Gasteiger partial charge >= 0.3 is 5.97 Å². The second kappa shape index (κ2) is 8.06. The lowest BCUT2D eigenvalue weighted by Gasteiger charge is -2.36.